The van der Waals surface area contributed by atoms with Gasteiger partial charge in [0.2, 0.25) is 0 Å². The lowest BCUT2D eigenvalue weighted by molar-refractivity contribution is 0.403. The molecular weight excluding hydrogens is 218 g/mol. The first-order valence-corrected chi connectivity index (χ1v) is 6.64. The molecule has 0 unspecified atom stereocenters. The van der Waals surface area contributed by atoms with E-state index in [1.165, 1.54) is 10.5 Å². The zero-order valence-corrected chi connectivity index (χ0v) is 11.6. The summed E-state index contributed by atoms with van der Waals surface area (Å²) in [6.07, 6.45) is 2.07. The fourth-order valence-electron chi connectivity index (χ4n) is 1.36. The smallest absolute Gasteiger partial charge is 0.132 e. The van der Waals surface area contributed by atoms with E-state index in [0.29, 0.717) is 0 Å². The summed E-state index contributed by atoms with van der Waals surface area (Å²) in [6, 6.07) is 6.32. The highest BCUT2D eigenvalue weighted by Gasteiger charge is 2.09. The Bertz CT molecular complexity index is 344. The summed E-state index contributed by atoms with van der Waals surface area (Å²) >= 11 is 1.71. The summed E-state index contributed by atoms with van der Waals surface area (Å²) in [5.41, 5.74) is 1.44. The normalized spacial score (nSPS) is 11.6. The first-order chi connectivity index (χ1) is 7.46. The third-order valence-electron chi connectivity index (χ3n) is 2.27. The molecule has 0 aromatic heterocycles. The van der Waals surface area contributed by atoms with Gasteiger partial charge in [-0.15, -0.1) is 11.8 Å². The van der Waals surface area contributed by atoms with E-state index >= 15 is 0 Å². The molecule has 1 rings (SSSR count). The van der Waals surface area contributed by atoms with Crippen molar-refractivity contribution < 1.29 is 4.74 Å². The SMILES string of the molecule is COc1ccc(CNC(C)(C)C)cc1SC. The Kier molecular flexibility index (Phi) is 4.69. The Labute approximate surface area is 103 Å². The molecule has 2 nitrogen and oxygen atoms in total. The maximum absolute atomic E-state index is 5.30. The van der Waals surface area contributed by atoms with Crippen molar-refractivity contribution in [2.75, 3.05) is 13.4 Å². The number of methoxy groups -OCH3 is 1. The third-order valence-corrected chi connectivity index (χ3v) is 3.03. The van der Waals surface area contributed by atoms with Crippen molar-refractivity contribution in [3.8, 4) is 5.75 Å². The van der Waals surface area contributed by atoms with E-state index in [1.807, 2.05) is 6.07 Å². The molecule has 16 heavy (non-hydrogen) atoms. The van der Waals surface area contributed by atoms with Crippen molar-refractivity contribution in [1.29, 1.82) is 0 Å². The fraction of sp³-hybridized carbons (Fsp3) is 0.538. The molecule has 0 amide bonds. The van der Waals surface area contributed by atoms with Crippen molar-refractivity contribution in [3.05, 3.63) is 23.8 Å². The highest BCUT2D eigenvalue weighted by molar-refractivity contribution is 7.98. The number of ether oxygens (including phenoxy) is 1. The van der Waals surface area contributed by atoms with E-state index in [9.17, 15) is 0 Å². The molecule has 1 N–H and O–H groups in total. The third kappa shape index (κ3) is 4.06. The van der Waals surface area contributed by atoms with Crippen molar-refractivity contribution in [2.24, 2.45) is 0 Å². The van der Waals surface area contributed by atoms with Crippen LogP contribution >= 0.6 is 11.8 Å². The van der Waals surface area contributed by atoms with Gasteiger partial charge in [0, 0.05) is 17.0 Å². The number of hydrogen-bond donors (Lipinski definition) is 1. The fourth-order valence-corrected chi connectivity index (χ4v) is 1.98. The van der Waals surface area contributed by atoms with Gasteiger partial charge in [-0.2, -0.15) is 0 Å². The van der Waals surface area contributed by atoms with Gasteiger partial charge in [0.1, 0.15) is 5.75 Å². The number of benzene rings is 1. The highest BCUT2D eigenvalue weighted by atomic mass is 32.2. The minimum Gasteiger partial charge on any atom is -0.496 e. The Hall–Kier alpha value is -0.670. The second-order valence-corrected chi connectivity index (χ2v) is 5.64. The van der Waals surface area contributed by atoms with Crippen LogP contribution in [0.1, 0.15) is 26.3 Å². The van der Waals surface area contributed by atoms with E-state index in [0.717, 1.165) is 12.3 Å². The highest BCUT2D eigenvalue weighted by Crippen LogP contribution is 2.28. The summed E-state index contributed by atoms with van der Waals surface area (Å²) in [5, 5.41) is 3.48. The van der Waals surface area contributed by atoms with Crippen LogP contribution in [-0.4, -0.2) is 18.9 Å². The van der Waals surface area contributed by atoms with Gasteiger partial charge in [0.25, 0.3) is 0 Å². The largest absolute Gasteiger partial charge is 0.496 e. The molecule has 0 aliphatic rings. The summed E-state index contributed by atoms with van der Waals surface area (Å²) in [7, 11) is 1.71. The monoisotopic (exact) mass is 239 g/mol. The zero-order chi connectivity index (χ0) is 12.2. The lowest BCUT2D eigenvalue weighted by Gasteiger charge is -2.21. The summed E-state index contributed by atoms with van der Waals surface area (Å²) < 4.78 is 5.30. The van der Waals surface area contributed by atoms with E-state index in [4.69, 9.17) is 4.74 Å². The zero-order valence-electron chi connectivity index (χ0n) is 10.8. The van der Waals surface area contributed by atoms with Crippen LogP contribution in [0.4, 0.5) is 0 Å². The van der Waals surface area contributed by atoms with Gasteiger partial charge in [0.15, 0.2) is 0 Å². The van der Waals surface area contributed by atoms with Gasteiger partial charge < -0.3 is 10.1 Å². The summed E-state index contributed by atoms with van der Waals surface area (Å²) in [4.78, 5) is 1.19. The molecule has 0 radical (unpaired) electrons. The Morgan fingerprint density at radius 3 is 2.50 bits per heavy atom. The van der Waals surface area contributed by atoms with Crippen LogP contribution in [-0.2, 0) is 6.54 Å². The first kappa shape index (κ1) is 13.4. The molecule has 0 saturated heterocycles. The van der Waals surface area contributed by atoms with E-state index in [-0.39, 0.29) is 5.54 Å². The lowest BCUT2D eigenvalue weighted by Crippen LogP contribution is -2.35. The molecule has 1 aromatic carbocycles. The second kappa shape index (κ2) is 5.60. The van der Waals surface area contributed by atoms with Crippen molar-refractivity contribution in [3.63, 3.8) is 0 Å². The Balaban J connectivity index is 2.75. The molecule has 0 fully saturated rings. The van der Waals surface area contributed by atoms with Crippen LogP contribution in [0.2, 0.25) is 0 Å². The minimum absolute atomic E-state index is 0.152. The van der Waals surface area contributed by atoms with Gasteiger partial charge >= 0.3 is 0 Å². The average molecular weight is 239 g/mol. The van der Waals surface area contributed by atoms with E-state index in [2.05, 4.69) is 44.5 Å². The average Bonchev–Trinajstić information content (AvgIpc) is 2.25. The maximum Gasteiger partial charge on any atom is 0.132 e. The van der Waals surface area contributed by atoms with Crippen molar-refractivity contribution in [1.82, 2.24) is 5.32 Å². The van der Waals surface area contributed by atoms with Gasteiger partial charge in [-0.1, -0.05) is 6.07 Å². The molecule has 0 saturated carbocycles. The Morgan fingerprint density at radius 2 is 2.00 bits per heavy atom. The Morgan fingerprint density at radius 1 is 1.31 bits per heavy atom. The molecule has 1 aromatic rings. The van der Waals surface area contributed by atoms with Crippen LogP contribution in [0.5, 0.6) is 5.75 Å². The van der Waals surface area contributed by atoms with E-state index < -0.39 is 0 Å². The predicted molar refractivity (Wildman–Crippen MR) is 71.4 cm³/mol. The van der Waals surface area contributed by atoms with Crippen LogP contribution < -0.4 is 10.1 Å². The van der Waals surface area contributed by atoms with Crippen molar-refractivity contribution in [2.45, 2.75) is 37.8 Å². The number of rotatable bonds is 4. The standard InChI is InChI=1S/C13H21NOS/c1-13(2,3)14-9-10-6-7-11(15-4)12(8-10)16-5/h6-8,14H,9H2,1-5H3. The van der Waals surface area contributed by atoms with Crippen molar-refractivity contribution >= 4 is 11.8 Å². The van der Waals surface area contributed by atoms with Crippen LogP contribution in [0, 0.1) is 0 Å². The first-order valence-electron chi connectivity index (χ1n) is 5.42. The summed E-state index contributed by atoms with van der Waals surface area (Å²) in [6.45, 7) is 7.41. The topological polar surface area (TPSA) is 21.3 Å². The maximum atomic E-state index is 5.30. The van der Waals surface area contributed by atoms with Gasteiger partial charge in [0.05, 0.1) is 7.11 Å². The molecule has 90 valence electrons. The lowest BCUT2D eigenvalue weighted by atomic mass is 10.1. The molecule has 0 spiro atoms. The predicted octanol–water partition coefficient (Wildman–Crippen LogP) is 3.31. The molecule has 0 aliphatic heterocycles. The van der Waals surface area contributed by atoms with Crippen LogP contribution in [0.3, 0.4) is 0 Å². The molecule has 0 bridgehead atoms. The minimum atomic E-state index is 0.152. The van der Waals surface area contributed by atoms with E-state index in [1.54, 1.807) is 18.9 Å². The molecular formula is C13H21NOS. The van der Waals surface area contributed by atoms with Gasteiger partial charge in [-0.05, 0) is 44.7 Å². The summed E-state index contributed by atoms with van der Waals surface area (Å²) in [5.74, 6) is 0.951. The number of thioether (sulfide) groups is 1. The molecule has 0 aliphatic carbocycles. The molecule has 3 heteroatoms. The molecule has 0 atom stereocenters. The van der Waals surface area contributed by atoms with Crippen LogP contribution in [0.25, 0.3) is 0 Å². The van der Waals surface area contributed by atoms with Gasteiger partial charge in [-0.3, -0.25) is 0 Å². The molecule has 0 heterocycles. The quantitative estimate of drug-likeness (QED) is 0.815. The number of hydrogen-bond acceptors (Lipinski definition) is 3. The number of nitrogens with one attached hydrogen (secondary N) is 1. The van der Waals surface area contributed by atoms with Gasteiger partial charge in [-0.25, -0.2) is 0 Å². The second-order valence-electron chi connectivity index (χ2n) is 4.79. The van der Waals surface area contributed by atoms with Crippen LogP contribution in [0.15, 0.2) is 23.1 Å².